The van der Waals surface area contributed by atoms with E-state index in [1.165, 1.54) is 23.1 Å². The molecule has 0 bridgehead atoms. The summed E-state index contributed by atoms with van der Waals surface area (Å²) in [5.74, 6) is 0.792. The van der Waals surface area contributed by atoms with E-state index in [2.05, 4.69) is 18.2 Å². The van der Waals surface area contributed by atoms with E-state index in [9.17, 15) is 4.79 Å². The van der Waals surface area contributed by atoms with E-state index in [-0.39, 0.29) is 5.56 Å². The number of hydrogen-bond donors (Lipinski definition) is 0. The van der Waals surface area contributed by atoms with Gasteiger partial charge in [-0.25, -0.2) is 9.97 Å². The van der Waals surface area contributed by atoms with E-state index in [0.717, 1.165) is 49.6 Å². The summed E-state index contributed by atoms with van der Waals surface area (Å²) in [6.07, 6.45) is 1.95. The Bertz CT molecular complexity index is 1820. The SMILES string of the molecule is COc1ccc(-c2cc(-c3ccccc3)c3c(n2)sc2c(=O)n(-c4ccccc4C)c(SC)nc23)cc1. The predicted molar refractivity (Wildman–Crippen MR) is 154 cm³/mol. The van der Waals surface area contributed by atoms with Crippen molar-refractivity contribution in [1.82, 2.24) is 14.5 Å². The number of thioether (sulfide) groups is 1. The average Bonchev–Trinajstić information content (AvgIpc) is 3.32. The molecular weight excluding hydrogens is 498 g/mol. The molecular formula is C30H23N3O2S2. The smallest absolute Gasteiger partial charge is 0.276 e. The lowest BCUT2D eigenvalue weighted by atomic mass is 10.00. The summed E-state index contributed by atoms with van der Waals surface area (Å²) in [4.78, 5) is 24.8. The molecule has 6 aromatic rings. The molecule has 0 fully saturated rings. The first kappa shape index (κ1) is 23.5. The quantitative estimate of drug-likeness (QED) is 0.175. The Labute approximate surface area is 222 Å². The number of ether oxygens (including phenoxy) is 1. The lowest BCUT2D eigenvalue weighted by Gasteiger charge is -2.13. The number of thiophene rings is 1. The maximum absolute atomic E-state index is 14.0. The number of aryl methyl sites for hydroxylation is 1. The van der Waals surface area contributed by atoms with Crippen LogP contribution in [0.25, 0.3) is 48.5 Å². The Hall–Kier alpha value is -3.94. The number of pyridine rings is 1. The molecule has 6 rings (SSSR count). The molecule has 3 heterocycles. The van der Waals surface area contributed by atoms with Gasteiger partial charge in [-0.2, -0.15) is 0 Å². The molecule has 0 saturated heterocycles. The second-order valence-electron chi connectivity index (χ2n) is 8.64. The highest BCUT2D eigenvalue weighted by Crippen LogP contribution is 2.40. The van der Waals surface area contributed by atoms with Gasteiger partial charge in [0.25, 0.3) is 5.56 Å². The highest BCUT2D eigenvalue weighted by Gasteiger charge is 2.22. The van der Waals surface area contributed by atoms with Crippen molar-refractivity contribution in [2.75, 3.05) is 13.4 Å². The first-order chi connectivity index (χ1) is 18.1. The zero-order valence-corrected chi connectivity index (χ0v) is 22.2. The van der Waals surface area contributed by atoms with Crippen LogP contribution < -0.4 is 10.3 Å². The van der Waals surface area contributed by atoms with E-state index in [1.54, 1.807) is 11.7 Å². The van der Waals surface area contributed by atoms with Gasteiger partial charge in [0.1, 0.15) is 15.3 Å². The Morgan fingerprint density at radius 1 is 0.892 bits per heavy atom. The fraction of sp³-hybridized carbons (Fsp3) is 0.100. The highest BCUT2D eigenvalue weighted by atomic mass is 32.2. The molecule has 0 spiro atoms. The zero-order chi connectivity index (χ0) is 25.5. The maximum atomic E-state index is 14.0. The molecule has 0 radical (unpaired) electrons. The normalized spacial score (nSPS) is 11.3. The summed E-state index contributed by atoms with van der Waals surface area (Å²) in [6, 6.07) is 28.1. The van der Waals surface area contributed by atoms with Crippen LogP contribution in [0.5, 0.6) is 5.75 Å². The Morgan fingerprint density at radius 2 is 1.62 bits per heavy atom. The molecule has 0 aliphatic carbocycles. The summed E-state index contributed by atoms with van der Waals surface area (Å²) < 4.78 is 7.66. The highest BCUT2D eigenvalue weighted by molar-refractivity contribution is 7.98. The molecule has 3 aromatic carbocycles. The Morgan fingerprint density at radius 3 is 2.32 bits per heavy atom. The van der Waals surface area contributed by atoms with Crippen molar-refractivity contribution in [1.29, 1.82) is 0 Å². The van der Waals surface area contributed by atoms with Gasteiger partial charge in [0, 0.05) is 10.9 Å². The molecule has 0 atom stereocenters. The van der Waals surface area contributed by atoms with Gasteiger partial charge in [-0.1, -0.05) is 60.3 Å². The monoisotopic (exact) mass is 521 g/mol. The van der Waals surface area contributed by atoms with Gasteiger partial charge in [-0.05, 0) is 66.3 Å². The number of benzene rings is 3. The minimum Gasteiger partial charge on any atom is -0.497 e. The van der Waals surface area contributed by atoms with Crippen LogP contribution in [-0.4, -0.2) is 27.9 Å². The summed E-state index contributed by atoms with van der Waals surface area (Å²) in [6.45, 7) is 2.01. The predicted octanol–water partition coefficient (Wildman–Crippen LogP) is 7.37. The van der Waals surface area contributed by atoms with Crippen molar-refractivity contribution in [2.45, 2.75) is 12.1 Å². The summed E-state index contributed by atoms with van der Waals surface area (Å²) in [5.41, 5.74) is 6.38. The first-order valence-corrected chi connectivity index (χ1v) is 13.8. The van der Waals surface area contributed by atoms with Crippen LogP contribution >= 0.6 is 23.1 Å². The number of para-hydroxylation sites is 1. The van der Waals surface area contributed by atoms with Gasteiger partial charge < -0.3 is 4.74 Å². The van der Waals surface area contributed by atoms with Crippen molar-refractivity contribution in [3.8, 4) is 33.8 Å². The van der Waals surface area contributed by atoms with Gasteiger partial charge >= 0.3 is 0 Å². The standard InChI is InChI=1S/C30H23N3O2S2/c1-18-9-7-8-12-24(18)33-29(34)27-26(32-30(33)36-3)25-22(19-10-5-4-6-11-19)17-23(31-28(25)37-27)20-13-15-21(35-2)16-14-20/h4-17H,1-3H3. The van der Waals surface area contributed by atoms with E-state index >= 15 is 0 Å². The van der Waals surface area contributed by atoms with Crippen molar-refractivity contribution in [3.05, 3.63) is 101 Å². The number of aromatic nitrogens is 3. The van der Waals surface area contributed by atoms with E-state index < -0.39 is 0 Å². The summed E-state index contributed by atoms with van der Waals surface area (Å²) >= 11 is 2.88. The van der Waals surface area contributed by atoms with Crippen LogP contribution in [0.15, 0.2) is 94.9 Å². The van der Waals surface area contributed by atoms with E-state index in [0.29, 0.717) is 15.4 Å². The molecule has 7 heteroatoms. The number of methoxy groups -OCH3 is 1. The largest absolute Gasteiger partial charge is 0.497 e. The lowest BCUT2D eigenvalue weighted by Crippen LogP contribution is -2.21. The molecule has 0 saturated carbocycles. The molecule has 0 aliphatic heterocycles. The number of rotatable bonds is 5. The second-order valence-corrected chi connectivity index (χ2v) is 10.4. The Kier molecular flexibility index (Phi) is 6.02. The maximum Gasteiger partial charge on any atom is 0.276 e. The molecule has 0 N–H and O–H groups in total. The Balaban J connectivity index is 1.70. The van der Waals surface area contributed by atoms with E-state index in [1.807, 2.05) is 79.9 Å². The van der Waals surface area contributed by atoms with Crippen LogP contribution in [0.3, 0.4) is 0 Å². The average molecular weight is 522 g/mol. The van der Waals surface area contributed by atoms with Gasteiger partial charge in [-0.3, -0.25) is 9.36 Å². The minimum atomic E-state index is -0.0725. The second kappa shape index (κ2) is 9.50. The van der Waals surface area contributed by atoms with Crippen LogP contribution in [0.2, 0.25) is 0 Å². The van der Waals surface area contributed by atoms with Gasteiger partial charge in [0.05, 0.1) is 24.0 Å². The first-order valence-electron chi connectivity index (χ1n) is 11.8. The van der Waals surface area contributed by atoms with Gasteiger partial charge in [0.2, 0.25) is 0 Å². The molecule has 5 nitrogen and oxygen atoms in total. The topological polar surface area (TPSA) is 57.0 Å². The minimum absolute atomic E-state index is 0.0725. The molecule has 0 aliphatic rings. The lowest BCUT2D eigenvalue weighted by molar-refractivity contribution is 0.415. The number of fused-ring (bicyclic) bond motifs is 3. The fourth-order valence-electron chi connectivity index (χ4n) is 4.59. The summed E-state index contributed by atoms with van der Waals surface area (Å²) in [7, 11) is 1.66. The van der Waals surface area contributed by atoms with Crippen LogP contribution in [-0.2, 0) is 0 Å². The summed E-state index contributed by atoms with van der Waals surface area (Å²) in [5, 5.41) is 1.57. The van der Waals surface area contributed by atoms with Crippen molar-refractivity contribution in [3.63, 3.8) is 0 Å². The molecule has 182 valence electrons. The molecule has 0 amide bonds. The van der Waals surface area contributed by atoms with Crippen molar-refractivity contribution < 1.29 is 4.74 Å². The van der Waals surface area contributed by atoms with Gasteiger partial charge in [0.15, 0.2) is 5.16 Å². The van der Waals surface area contributed by atoms with Crippen LogP contribution in [0.1, 0.15) is 5.56 Å². The van der Waals surface area contributed by atoms with Gasteiger partial charge in [-0.15, -0.1) is 11.3 Å². The molecule has 0 unspecified atom stereocenters. The van der Waals surface area contributed by atoms with E-state index in [4.69, 9.17) is 14.7 Å². The van der Waals surface area contributed by atoms with Crippen molar-refractivity contribution in [2.24, 2.45) is 0 Å². The molecule has 37 heavy (non-hydrogen) atoms. The third-order valence-corrected chi connectivity index (χ3v) is 8.14. The third-order valence-electron chi connectivity index (χ3n) is 6.44. The zero-order valence-electron chi connectivity index (χ0n) is 20.6. The third kappa shape index (κ3) is 4.00. The number of hydrogen-bond acceptors (Lipinski definition) is 6. The van der Waals surface area contributed by atoms with Crippen LogP contribution in [0, 0.1) is 6.92 Å². The van der Waals surface area contributed by atoms with Crippen molar-refractivity contribution >= 4 is 43.5 Å². The van der Waals surface area contributed by atoms with Crippen LogP contribution in [0.4, 0.5) is 0 Å². The number of nitrogens with zero attached hydrogens (tertiary/aromatic N) is 3. The molecule has 3 aromatic heterocycles. The fourth-order valence-corrected chi connectivity index (χ4v) is 6.20.